The average Bonchev–Trinajstić information content (AvgIpc) is 2.48. The molecule has 0 aliphatic carbocycles. The molecule has 0 aliphatic heterocycles. The van der Waals surface area contributed by atoms with Crippen molar-refractivity contribution in [1.29, 1.82) is 0 Å². The Kier molecular flexibility index (Phi) is 7.78. The zero-order valence-electron chi connectivity index (χ0n) is 13.0. The summed E-state index contributed by atoms with van der Waals surface area (Å²) in [5, 5.41) is 0. The monoisotopic (exact) mass is 292 g/mol. The summed E-state index contributed by atoms with van der Waals surface area (Å²) in [6.07, 6.45) is 2.46. The topological polar surface area (TPSA) is 29.3 Å². The average molecular weight is 292 g/mol. The minimum atomic E-state index is 0.153. The van der Waals surface area contributed by atoms with Crippen molar-refractivity contribution in [3.05, 3.63) is 35.9 Å². The van der Waals surface area contributed by atoms with Gasteiger partial charge in [-0.1, -0.05) is 76.2 Å². The van der Waals surface area contributed by atoms with Crippen LogP contribution in [-0.4, -0.2) is 29.5 Å². The fourth-order valence-electron chi connectivity index (χ4n) is 2.55. The van der Waals surface area contributed by atoms with E-state index in [0.29, 0.717) is 4.99 Å². The van der Waals surface area contributed by atoms with E-state index < -0.39 is 0 Å². The molecule has 1 unspecified atom stereocenters. The number of thiocarbonyl (C=S) groups is 1. The number of nitrogens with two attached hydrogens (primary N) is 1. The SMILES string of the molecule is CCC(CC)CN(CC)CC(C(N)=S)c1ccccc1. The summed E-state index contributed by atoms with van der Waals surface area (Å²) in [5.41, 5.74) is 7.20. The van der Waals surface area contributed by atoms with Crippen LogP contribution in [0, 0.1) is 5.92 Å². The molecule has 0 aliphatic rings. The van der Waals surface area contributed by atoms with Crippen LogP contribution in [0.1, 0.15) is 45.1 Å². The van der Waals surface area contributed by atoms with Crippen LogP contribution in [0.2, 0.25) is 0 Å². The lowest BCUT2D eigenvalue weighted by molar-refractivity contribution is 0.232. The molecule has 0 amide bonds. The molecular weight excluding hydrogens is 264 g/mol. The first kappa shape index (κ1) is 17.1. The molecule has 0 fully saturated rings. The van der Waals surface area contributed by atoms with Crippen LogP contribution < -0.4 is 5.73 Å². The second-order valence-corrected chi connectivity index (χ2v) is 5.87. The molecule has 0 aromatic heterocycles. The molecule has 1 rings (SSSR count). The van der Waals surface area contributed by atoms with Crippen molar-refractivity contribution in [3.63, 3.8) is 0 Å². The van der Waals surface area contributed by atoms with E-state index in [1.807, 2.05) is 6.07 Å². The van der Waals surface area contributed by atoms with Gasteiger partial charge in [-0.3, -0.25) is 0 Å². The number of hydrogen-bond donors (Lipinski definition) is 1. The first-order valence-electron chi connectivity index (χ1n) is 7.68. The lowest BCUT2D eigenvalue weighted by Gasteiger charge is -2.29. The number of benzene rings is 1. The van der Waals surface area contributed by atoms with Gasteiger partial charge in [-0.05, 0) is 18.0 Å². The van der Waals surface area contributed by atoms with Crippen molar-refractivity contribution in [1.82, 2.24) is 4.90 Å². The quantitative estimate of drug-likeness (QED) is 0.702. The second kappa shape index (κ2) is 9.09. The fourth-order valence-corrected chi connectivity index (χ4v) is 2.76. The molecule has 0 bridgehead atoms. The smallest absolute Gasteiger partial charge is 0.0816 e. The Balaban J connectivity index is 2.75. The standard InChI is InChI=1S/C17H28N2S/c1-4-14(5-2)12-19(6-3)13-16(17(18)20)15-10-8-7-9-11-15/h7-11,14,16H,4-6,12-13H2,1-3H3,(H2,18,20). The van der Waals surface area contributed by atoms with Crippen LogP contribution >= 0.6 is 12.2 Å². The number of nitrogens with zero attached hydrogens (tertiary/aromatic N) is 1. The van der Waals surface area contributed by atoms with E-state index in [-0.39, 0.29) is 5.92 Å². The molecule has 1 aromatic carbocycles. The third-order valence-corrected chi connectivity index (χ3v) is 4.39. The predicted octanol–water partition coefficient (Wildman–Crippen LogP) is 3.81. The second-order valence-electron chi connectivity index (χ2n) is 5.40. The molecule has 0 saturated heterocycles. The van der Waals surface area contributed by atoms with Gasteiger partial charge in [-0.25, -0.2) is 0 Å². The molecule has 0 saturated carbocycles. The van der Waals surface area contributed by atoms with Crippen molar-refractivity contribution in [2.24, 2.45) is 11.7 Å². The third-order valence-electron chi connectivity index (χ3n) is 4.10. The zero-order valence-corrected chi connectivity index (χ0v) is 13.8. The maximum absolute atomic E-state index is 5.97. The van der Waals surface area contributed by atoms with Gasteiger partial charge in [-0.2, -0.15) is 0 Å². The van der Waals surface area contributed by atoms with Crippen LogP contribution in [0.4, 0.5) is 0 Å². The molecule has 3 heteroatoms. The summed E-state index contributed by atoms with van der Waals surface area (Å²) in [7, 11) is 0. The Morgan fingerprint density at radius 2 is 1.70 bits per heavy atom. The van der Waals surface area contributed by atoms with Gasteiger partial charge in [0.25, 0.3) is 0 Å². The zero-order chi connectivity index (χ0) is 15.0. The Morgan fingerprint density at radius 1 is 1.10 bits per heavy atom. The van der Waals surface area contributed by atoms with E-state index in [1.165, 1.54) is 18.4 Å². The van der Waals surface area contributed by atoms with E-state index in [9.17, 15) is 0 Å². The maximum atomic E-state index is 5.97. The predicted molar refractivity (Wildman–Crippen MR) is 92.2 cm³/mol. The van der Waals surface area contributed by atoms with Crippen LogP contribution in [0.15, 0.2) is 30.3 Å². The first-order valence-corrected chi connectivity index (χ1v) is 8.09. The minimum absolute atomic E-state index is 0.153. The third kappa shape index (κ3) is 5.22. The molecule has 0 spiro atoms. The highest BCUT2D eigenvalue weighted by Crippen LogP contribution is 2.19. The van der Waals surface area contributed by atoms with Gasteiger partial charge in [0.05, 0.1) is 4.99 Å². The Hall–Kier alpha value is -0.930. The lowest BCUT2D eigenvalue weighted by atomic mass is 9.97. The molecule has 1 aromatic rings. The Bertz CT molecular complexity index is 387. The van der Waals surface area contributed by atoms with Crippen LogP contribution in [-0.2, 0) is 0 Å². The summed E-state index contributed by atoms with van der Waals surface area (Å²) in [5.74, 6) is 0.915. The highest BCUT2D eigenvalue weighted by Gasteiger charge is 2.19. The number of rotatable bonds is 9. The van der Waals surface area contributed by atoms with E-state index in [0.717, 1.165) is 25.6 Å². The van der Waals surface area contributed by atoms with Crippen LogP contribution in [0.3, 0.4) is 0 Å². The summed E-state index contributed by atoms with van der Waals surface area (Å²) in [6.45, 7) is 9.85. The van der Waals surface area contributed by atoms with Gasteiger partial charge in [0.15, 0.2) is 0 Å². The molecule has 2 nitrogen and oxygen atoms in total. The molecular formula is C17H28N2S. The van der Waals surface area contributed by atoms with Gasteiger partial charge in [0.2, 0.25) is 0 Å². The Labute approximate surface area is 129 Å². The van der Waals surface area contributed by atoms with Crippen molar-refractivity contribution in [2.75, 3.05) is 19.6 Å². The van der Waals surface area contributed by atoms with Crippen molar-refractivity contribution < 1.29 is 0 Å². The largest absolute Gasteiger partial charge is 0.393 e. The number of hydrogen-bond acceptors (Lipinski definition) is 2. The maximum Gasteiger partial charge on any atom is 0.0816 e. The highest BCUT2D eigenvalue weighted by molar-refractivity contribution is 7.80. The summed E-state index contributed by atoms with van der Waals surface area (Å²) in [6, 6.07) is 10.4. The van der Waals surface area contributed by atoms with Crippen LogP contribution in [0.25, 0.3) is 0 Å². The van der Waals surface area contributed by atoms with E-state index >= 15 is 0 Å². The Morgan fingerprint density at radius 3 is 2.15 bits per heavy atom. The highest BCUT2D eigenvalue weighted by atomic mass is 32.1. The van der Waals surface area contributed by atoms with E-state index in [2.05, 4.69) is 49.9 Å². The van der Waals surface area contributed by atoms with Gasteiger partial charge in [-0.15, -0.1) is 0 Å². The van der Waals surface area contributed by atoms with Crippen molar-refractivity contribution in [2.45, 2.75) is 39.5 Å². The lowest BCUT2D eigenvalue weighted by Crippen LogP contribution is -2.36. The molecule has 0 radical (unpaired) electrons. The van der Waals surface area contributed by atoms with Gasteiger partial charge >= 0.3 is 0 Å². The van der Waals surface area contributed by atoms with Crippen molar-refractivity contribution in [3.8, 4) is 0 Å². The van der Waals surface area contributed by atoms with E-state index in [4.69, 9.17) is 18.0 Å². The number of likely N-dealkylation sites (N-methyl/N-ethyl adjacent to an activating group) is 1. The normalized spacial score (nSPS) is 12.8. The molecule has 112 valence electrons. The van der Waals surface area contributed by atoms with E-state index in [1.54, 1.807) is 0 Å². The molecule has 2 N–H and O–H groups in total. The summed E-state index contributed by atoms with van der Waals surface area (Å²) >= 11 is 5.29. The van der Waals surface area contributed by atoms with Crippen LogP contribution in [0.5, 0.6) is 0 Å². The van der Waals surface area contributed by atoms with Gasteiger partial charge in [0.1, 0.15) is 0 Å². The van der Waals surface area contributed by atoms with Gasteiger partial charge < -0.3 is 10.6 Å². The molecule has 20 heavy (non-hydrogen) atoms. The van der Waals surface area contributed by atoms with Crippen molar-refractivity contribution >= 4 is 17.2 Å². The summed E-state index contributed by atoms with van der Waals surface area (Å²) < 4.78 is 0. The minimum Gasteiger partial charge on any atom is -0.393 e. The fraction of sp³-hybridized carbons (Fsp3) is 0.588. The van der Waals surface area contributed by atoms with Gasteiger partial charge in [0, 0.05) is 19.0 Å². The molecule has 1 atom stereocenters. The first-order chi connectivity index (χ1) is 9.62. The summed E-state index contributed by atoms with van der Waals surface area (Å²) in [4.78, 5) is 3.08. The molecule has 0 heterocycles.